The summed E-state index contributed by atoms with van der Waals surface area (Å²) < 4.78 is 0. The van der Waals surface area contributed by atoms with Gasteiger partial charge in [-0.05, 0) is 50.7 Å². The first-order valence-corrected chi connectivity index (χ1v) is 9.39. The van der Waals surface area contributed by atoms with Crippen molar-refractivity contribution in [3.8, 4) is 22.3 Å². The Morgan fingerprint density at radius 2 is 1.50 bits per heavy atom. The van der Waals surface area contributed by atoms with Crippen LogP contribution in [0.4, 0.5) is 5.69 Å². The molecule has 5 rings (SSSR count). The second kappa shape index (κ2) is 5.77. The van der Waals surface area contributed by atoms with Gasteiger partial charge < -0.3 is 0 Å². The van der Waals surface area contributed by atoms with E-state index >= 15 is 0 Å². The number of benzene rings is 4. The summed E-state index contributed by atoms with van der Waals surface area (Å²) in [5.41, 5.74) is 6.59. The van der Waals surface area contributed by atoms with E-state index in [1.807, 2.05) is 36.4 Å². The van der Waals surface area contributed by atoms with Crippen LogP contribution in [-0.4, -0.2) is 4.92 Å². The van der Waals surface area contributed by atoms with Gasteiger partial charge in [-0.2, -0.15) is 0 Å². The number of nitro groups is 1. The zero-order valence-corrected chi connectivity index (χ0v) is 15.8. The number of nitrogens with zero attached hydrogens (tertiary/aromatic N) is 1. The lowest BCUT2D eigenvalue weighted by Gasteiger charge is -2.21. The molecule has 0 aliphatic heterocycles. The topological polar surface area (TPSA) is 43.1 Å². The molecule has 136 valence electrons. The molecular weight excluding hydrogens is 346 g/mol. The van der Waals surface area contributed by atoms with Crippen molar-refractivity contribution in [2.75, 3.05) is 0 Å². The SMILES string of the molecule is CC1(C)c2ccccc2-c2cc(-c3c([N+](=O)[O-])ccc4ccccc34)ccc21. The summed E-state index contributed by atoms with van der Waals surface area (Å²) in [5.74, 6) is 0. The van der Waals surface area contributed by atoms with E-state index in [0.29, 0.717) is 5.56 Å². The predicted molar refractivity (Wildman–Crippen MR) is 114 cm³/mol. The Bertz CT molecular complexity index is 1270. The fourth-order valence-corrected chi connectivity index (χ4v) is 4.59. The van der Waals surface area contributed by atoms with Gasteiger partial charge >= 0.3 is 0 Å². The van der Waals surface area contributed by atoms with Crippen molar-refractivity contribution in [3.05, 3.63) is 100 Å². The Balaban J connectivity index is 1.83. The summed E-state index contributed by atoms with van der Waals surface area (Å²) in [6.07, 6.45) is 0. The maximum absolute atomic E-state index is 11.8. The largest absolute Gasteiger partial charge is 0.277 e. The molecule has 0 unspecified atom stereocenters. The minimum absolute atomic E-state index is 0.0743. The standard InChI is InChI=1S/C25H19NO2/c1-25(2)21-10-6-5-9-19(21)20-15-17(11-13-22(20)25)24-18-8-4-3-7-16(18)12-14-23(24)26(27)28/h3-15H,1-2H3. The van der Waals surface area contributed by atoms with E-state index < -0.39 is 0 Å². The lowest BCUT2D eigenvalue weighted by molar-refractivity contribution is -0.384. The van der Waals surface area contributed by atoms with Crippen LogP contribution in [0.2, 0.25) is 0 Å². The van der Waals surface area contributed by atoms with Gasteiger partial charge in [-0.1, -0.05) is 74.5 Å². The van der Waals surface area contributed by atoms with Crippen LogP contribution in [0.5, 0.6) is 0 Å². The van der Waals surface area contributed by atoms with Crippen LogP contribution >= 0.6 is 0 Å². The number of nitro benzene ring substituents is 1. The molecule has 0 aromatic heterocycles. The van der Waals surface area contributed by atoms with E-state index in [4.69, 9.17) is 0 Å². The van der Waals surface area contributed by atoms with Crippen LogP contribution in [0.25, 0.3) is 33.0 Å². The fraction of sp³-hybridized carbons (Fsp3) is 0.120. The first-order valence-electron chi connectivity index (χ1n) is 9.39. The summed E-state index contributed by atoms with van der Waals surface area (Å²) in [6, 6.07) is 26.0. The van der Waals surface area contributed by atoms with Crippen LogP contribution in [0.3, 0.4) is 0 Å². The van der Waals surface area contributed by atoms with Gasteiger partial charge in [0.1, 0.15) is 0 Å². The molecule has 0 radical (unpaired) electrons. The van der Waals surface area contributed by atoms with Gasteiger partial charge in [-0.25, -0.2) is 0 Å². The zero-order chi connectivity index (χ0) is 19.5. The molecule has 0 fully saturated rings. The normalized spacial score (nSPS) is 13.9. The van der Waals surface area contributed by atoms with Gasteiger partial charge in [-0.15, -0.1) is 0 Å². The molecule has 4 aromatic carbocycles. The molecule has 0 atom stereocenters. The van der Waals surface area contributed by atoms with Crippen molar-refractivity contribution in [2.45, 2.75) is 19.3 Å². The van der Waals surface area contributed by atoms with Gasteiger partial charge in [0.05, 0.1) is 10.5 Å². The first kappa shape index (κ1) is 16.7. The highest BCUT2D eigenvalue weighted by molar-refractivity contribution is 6.02. The van der Waals surface area contributed by atoms with E-state index in [0.717, 1.165) is 16.3 Å². The monoisotopic (exact) mass is 365 g/mol. The Morgan fingerprint density at radius 3 is 2.32 bits per heavy atom. The third kappa shape index (κ3) is 2.23. The molecule has 1 aliphatic rings. The van der Waals surface area contributed by atoms with E-state index in [2.05, 4.69) is 50.2 Å². The van der Waals surface area contributed by atoms with Crippen LogP contribution in [0, 0.1) is 10.1 Å². The van der Waals surface area contributed by atoms with Crippen LogP contribution < -0.4 is 0 Å². The smallest absolute Gasteiger partial charge is 0.258 e. The molecule has 0 saturated carbocycles. The average molecular weight is 365 g/mol. The van der Waals surface area contributed by atoms with Crippen molar-refractivity contribution in [3.63, 3.8) is 0 Å². The predicted octanol–water partition coefficient (Wildman–Crippen LogP) is 6.72. The molecule has 0 heterocycles. The van der Waals surface area contributed by atoms with Crippen molar-refractivity contribution in [1.82, 2.24) is 0 Å². The van der Waals surface area contributed by atoms with Crippen LogP contribution in [0.1, 0.15) is 25.0 Å². The summed E-state index contributed by atoms with van der Waals surface area (Å²) >= 11 is 0. The lowest BCUT2D eigenvalue weighted by atomic mass is 9.82. The molecule has 1 aliphatic carbocycles. The lowest BCUT2D eigenvalue weighted by Crippen LogP contribution is -2.14. The Kier molecular flexibility index (Phi) is 3.44. The Labute approximate surface area is 163 Å². The van der Waals surface area contributed by atoms with E-state index in [9.17, 15) is 10.1 Å². The minimum atomic E-state index is -0.285. The molecular formula is C25H19NO2. The summed E-state index contributed by atoms with van der Waals surface area (Å²) in [6.45, 7) is 4.47. The van der Waals surface area contributed by atoms with Gasteiger partial charge in [0.2, 0.25) is 0 Å². The van der Waals surface area contributed by atoms with Gasteiger partial charge in [0.25, 0.3) is 5.69 Å². The van der Waals surface area contributed by atoms with E-state index in [-0.39, 0.29) is 16.0 Å². The summed E-state index contributed by atoms with van der Waals surface area (Å²) in [4.78, 5) is 11.5. The highest BCUT2D eigenvalue weighted by atomic mass is 16.6. The van der Waals surface area contributed by atoms with Crippen LogP contribution in [0.15, 0.2) is 78.9 Å². The molecule has 3 nitrogen and oxygen atoms in total. The van der Waals surface area contributed by atoms with Crippen molar-refractivity contribution in [2.24, 2.45) is 0 Å². The third-order valence-electron chi connectivity index (χ3n) is 5.98. The van der Waals surface area contributed by atoms with Crippen molar-refractivity contribution < 1.29 is 4.92 Å². The molecule has 0 spiro atoms. The molecule has 0 saturated heterocycles. The quantitative estimate of drug-likeness (QED) is 0.292. The molecule has 0 amide bonds. The van der Waals surface area contributed by atoms with E-state index in [1.165, 1.54) is 22.3 Å². The van der Waals surface area contributed by atoms with Gasteiger partial charge in [0, 0.05) is 11.5 Å². The summed E-state index contributed by atoms with van der Waals surface area (Å²) in [7, 11) is 0. The van der Waals surface area contributed by atoms with Crippen LogP contribution in [-0.2, 0) is 5.41 Å². The molecule has 0 N–H and O–H groups in total. The maximum Gasteiger partial charge on any atom is 0.277 e. The zero-order valence-electron chi connectivity index (χ0n) is 15.8. The Morgan fingerprint density at radius 1 is 0.786 bits per heavy atom. The van der Waals surface area contributed by atoms with Gasteiger partial charge in [-0.3, -0.25) is 10.1 Å². The molecule has 4 aromatic rings. The number of rotatable bonds is 2. The molecule has 3 heteroatoms. The maximum atomic E-state index is 11.8. The third-order valence-corrected chi connectivity index (χ3v) is 5.98. The fourth-order valence-electron chi connectivity index (χ4n) is 4.59. The number of fused-ring (bicyclic) bond motifs is 4. The van der Waals surface area contributed by atoms with Crippen molar-refractivity contribution >= 4 is 16.5 Å². The second-order valence-corrected chi connectivity index (χ2v) is 7.87. The molecule has 0 bridgehead atoms. The minimum Gasteiger partial charge on any atom is -0.258 e. The number of hydrogen-bond acceptors (Lipinski definition) is 2. The molecule has 28 heavy (non-hydrogen) atoms. The van der Waals surface area contributed by atoms with Gasteiger partial charge in [0.15, 0.2) is 0 Å². The highest BCUT2D eigenvalue weighted by Gasteiger charge is 2.35. The second-order valence-electron chi connectivity index (χ2n) is 7.87. The first-order chi connectivity index (χ1) is 13.5. The van der Waals surface area contributed by atoms with Crippen molar-refractivity contribution in [1.29, 1.82) is 0 Å². The Hall–Kier alpha value is -3.46. The number of hydrogen-bond donors (Lipinski definition) is 0. The highest BCUT2D eigenvalue weighted by Crippen LogP contribution is 2.50. The average Bonchev–Trinajstić information content (AvgIpc) is 2.94. The summed E-state index contributed by atoms with van der Waals surface area (Å²) in [5, 5.41) is 13.7. The van der Waals surface area contributed by atoms with E-state index in [1.54, 1.807) is 6.07 Å².